The highest BCUT2D eigenvalue weighted by molar-refractivity contribution is 5.97. The van der Waals surface area contributed by atoms with Crippen molar-refractivity contribution < 1.29 is 86.5 Å². The van der Waals surface area contributed by atoms with Gasteiger partial charge in [0, 0.05) is 63.6 Å². The highest BCUT2D eigenvalue weighted by Gasteiger charge is 2.78. The molecular weight excluding hydrogens is 1300 g/mol. The number of hydrogen-bond donors (Lipinski definition) is 5. The third-order valence-electron chi connectivity index (χ3n) is 25.5. The Morgan fingerprint density at radius 3 is 2.05 bits per heavy atom. The zero-order valence-corrected chi connectivity index (χ0v) is 61.1. The molecule has 1 heterocycles. The van der Waals surface area contributed by atoms with Crippen LogP contribution in [0.4, 0.5) is 4.79 Å². The summed E-state index contributed by atoms with van der Waals surface area (Å²) >= 11 is 0. The number of amides is 3. The number of allylic oxidation sites excluding steroid dienone is 1. The predicted molar refractivity (Wildman–Crippen MR) is 375 cm³/mol. The zero-order chi connectivity index (χ0) is 73.4. The lowest BCUT2D eigenvalue weighted by Crippen LogP contribution is -2.82. The Kier molecular flexibility index (Phi) is 22.3. The fraction of sp³-hybridized carbons (Fsp3) is 0.617. The Bertz CT molecular complexity index is 3710. The maximum atomic E-state index is 16.0. The summed E-state index contributed by atoms with van der Waals surface area (Å²) in [6.45, 7) is 20.0. The first-order valence-corrected chi connectivity index (χ1v) is 37.0. The standard InChI is InChI=1S/C81H105N3O18/c1-46(2)22-21-23-47(3)57-32-33-58-56-31-30-54-42-55(36-38-77(54,9)59(56)37-39-78(57,58)10)98-75(94)83-41-40-82-63(88)34-35-64(89)100-68(66(51-24-15-12-16-25-51)84-72(91)52-26-17-13-18-27-52)74(93)99-60-44-81(95)71(101-73(92)53-28-19-14-20-29-53)69-79(11,61(87)43-62-80(69,45-96-62)102-50(6)86)70(90)67(97-49(5)85)65(48(60)4)76(81,7)8/h12-20,24-30,46-47,55-62,66-69,71,87,95H,21-23,31-45H2,1-11H3,(H,82,88)(H,83,94)(H,84,91). The molecule has 1 saturated heterocycles. The van der Waals surface area contributed by atoms with Crippen molar-refractivity contribution in [3.05, 3.63) is 130 Å². The molecule has 8 aliphatic rings. The summed E-state index contributed by atoms with van der Waals surface area (Å²) in [6.07, 6.45) is 1.97. The maximum Gasteiger partial charge on any atom is 0.407 e. The van der Waals surface area contributed by atoms with Gasteiger partial charge in [-0.05, 0) is 146 Å². The molecule has 102 heavy (non-hydrogen) atoms. The van der Waals surface area contributed by atoms with Crippen LogP contribution in [0, 0.1) is 63.1 Å². The number of carbonyl (C=O) groups excluding carboxylic acids is 9. The zero-order valence-electron chi connectivity index (χ0n) is 61.1. The topological polar surface area (TPSA) is 295 Å². The molecule has 1 aliphatic heterocycles. The van der Waals surface area contributed by atoms with E-state index in [1.54, 1.807) is 66.7 Å². The Morgan fingerprint density at radius 1 is 0.735 bits per heavy atom. The van der Waals surface area contributed by atoms with Gasteiger partial charge in [-0.2, -0.15) is 0 Å². The van der Waals surface area contributed by atoms with Crippen LogP contribution in [0.25, 0.3) is 0 Å². The van der Waals surface area contributed by atoms with Gasteiger partial charge in [0.05, 0.1) is 36.0 Å². The molecule has 19 atom stereocenters. The van der Waals surface area contributed by atoms with Crippen molar-refractivity contribution >= 4 is 53.5 Å². The summed E-state index contributed by atoms with van der Waals surface area (Å²) in [6, 6.07) is 22.5. The number of aliphatic hydroxyl groups is 2. The van der Waals surface area contributed by atoms with Gasteiger partial charge in [-0.1, -0.05) is 146 Å². The van der Waals surface area contributed by atoms with E-state index >= 15 is 9.59 Å². The normalized spacial score (nSPS) is 33.5. The molecule has 6 fully saturated rings. The minimum Gasteiger partial charge on any atom is -0.455 e. The number of ketones is 1. The molecule has 5 N–H and O–H groups in total. The third-order valence-corrected chi connectivity index (χ3v) is 25.5. The lowest BCUT2D eigenvalue weighted by molar-refractivity contribution is -0.346. The Hall–Kier alpha value is -7.75. The smallest absolute Gasteiger partial charge is 0.407 e. The highest BCUT2D eigenvalue weighted by Crippen LogP contribution is 2.68. The van der Waals surface area contributed by atoms with Crippen LogP contribution in [0.3, 0.4) is 0 Å². The van der Waals surface area contributed by atoms with Crippen LogP contribution >= 0.6 is 0 Å². The van der Waals surface area contributed by atoms with Gasteiger partial charge in [-0.25, -0.2) is 14.4 Å². The van der Waals surface area contributed by atoms with E-state index in [1.165, 1.54) is 102 Å². The van der Waals surface area contributed by atoms with Crippen LogP contribution in [0.1, 0.15) is 205 Å². The number of rotatable bonds is 23. The Labute approximate surface area is 599 Å². The van der Waals surface area contributed by atoms with Crippen LogP contribution in [0.15, 0.2) is 114 Å². The molecule has 0 spiro atoms. The lowest BCUT2D eigenvalue weighted by Gasteiger charge is -2.67. The number of hydrogen-bond acceptors (Lipinski definition) is 18. The molecule has 19 unspecified atom stereocenters. The largest absolute Gasteiger partial charge is 0.455 e. The van der Waals surface area contributed by atoms with Crippen LogP contribution in [0.5, 0.6) is 0 Å². The van der Waals surface area contributed by atoms with Gasteiger partial charge in [-0.15, -0.1) is 0 Å². The summed E-state index contributed by atoms with van der Waals surface area (Å²) in [7, 11) is 0. The average Bonchev–Trinajstić information content (AvgIpc) is 0.677. The minimum absolute atomic E-state index is 0.0105. The van der Waals surface area contributed by atoms with Crippen molar-refractivity contribution in [1.29, 1.82) is 0 Å². The fourth-order valence-electron chi connectivity index (χ4n) is 20.1. The molecule has 7 aliphatic carbocycles. The first-order chi connectivity index (χ1) is 48.4. The van der Waals surface area contributed by atoms with Crippen LogP contribution < -0.4 is 16.0 Å². The number of Topliss-reactive ketones (excluding diaryl/α,β-unsaturated/α-hetero) is 1. The van der Waals surface area contributed by atoms with Crippen LogP contribution in [-0.4, -0.2) is 137 Å². The molecule has 552 valence electrons. The highest BCUT2D eigenvalue weighted by atomic mass is 16.6. The number of esters is 5. The van der Waals surface area contributed by atoms with Gasteiger partial charge < -0.3 is 59.3 Å². The van der Waals surface area contributed by atoms with Crippen molar-refractivity contribution in [2.24, 2.45) is 63.1 Å². The van der Waals surface area contributed by atoms with Gasteiger partial charge in [0.15, 0.2) is 17.5 Å². The first kappa shape index (κ1) is 75.4. The Balaban J connectivity index is 0.795. The van der Waals surface area contributed by atoms with Gasteiger partial charge in [0.25, 0.3) is 5.91 Å². The summed E-state index contributed by atoms with van der Waals surface area (Å²) in [5.41, 5.74) is -5.96. The van der Waals surface area contributed by atoms with E-state index in [0.717, 1.165) is 56.8 Å². The Morgan fingerprint density at radius 2 is 1.40 bits per heavy atom. The average molecular weight is 1410 g/mol. The second-order valence-corrected chi connectivity index (χ2v) is 32.2. The van der Waals surface area contributed by atoms with Crippen LogP contribution in [-0.2, 0) is 61.9 Å². The van der Waals surface area contributed by atoms with Gasteiger partial charge in [-0.3, -0.25) is 28.8 Å². The van der Waals surface area contributed by atoms with E-state index < -0.39 is 143 Å². The number of benzene rings is 3. The van der Waals surface area contributed by atoms with Crippen LogP contribution in [0.2, 0.25) is 0 Å². The van der Waals surface area contributed by atoms with E-state index in [9.17, 15) is 43.8 Å². The third kappa shape index (κ3) is 14.4. The molecular formula is C81H105N3O18. The molecule has 5 saturated carbocycles. The van der Waals surface area contributed by atoms with E-state index in [-0.39, 0.29) is 65.5 Å². The van der Waals surface area contributed by atoms with E-state index in [1.807, 2.05) is 0 Å². The number of nitrogens with one attached hydrogen (secondary N) is 3. The predicted octanol–water partition coefficient (Wildman–Crippen LogP) is 11.3. The molecule has 3 aromatic rings. The molecule has 21 heteroatoms. The van der Waals surface area contributed by atoms with Crippen molar-refractivity contribution in [2.45, 2.75) is 232 Å². The molecule has 3 aromatic carbocycles. The van der Waals surface area contributed by atoms with Crippen molar-refractivity contribution in [3.8, 4) is 0 Å². The quantitative estimate of drug-likeness (QED) is 0.0255. The monoisotopic (exact) mass is 1410 g/mol. The van der Waals surface area contributed by atoms with Gasteiger partial charge in [0.2, 0.25) is 12.0 Å². The molecule has 2 bridgehead atoms. The van der Waals surface area contributed by atoms with Crippen molar-refractivity contribution in [1.82, 2.24) is 16.0 Å². The van der Waals surface area contributed by atoms with E-state index in [2.05, 4.69) is 56.6 Å². The fourth-order valence-corrected chi connectivity index (χ4v) is 20.1. The molecule has 0 aromatic heterocycles. The van der Waals surface area contributed by atoms with Crippen molar-refractivity contribution in [3.63, 3.8) is 0 Å². The van der Waals surface area contributed by atoms with Gasteiger partial charge in [0.1, 0.15) is 36.1 Å². The summed E-state index contributed by atoms with van der Waals surface area (Å²) in [4.78, 5) is 128. The number of carbonyl (C=O) groups is 9. The maximum absolute atomic E-state index is 16.0. The molecule has 11 rings (SSSR count). The lowest BCUT2D eigenvalue weighted by atomic mass is 9.44. The minimum atomic E-state index is -2.53. The van der Waals surface area contributed by atoms with E-state index in [0.29, 0.717) is 23.7 Å². The summed E-state index contributed by atoms with van der Waals surface area (Å²) in [5, 5.41) is 34.9. The number of ether oxygens (including phenoxy) is 7. The SMILES string of the molecule is CC(=O)OC1C(=O)C2(C)C(O)CC3OCC3(OC(C)=O)C2C(OC(=O)c2ccccc2)C2(O)CC(OC(=O)C(OC(=O)CCC(=O)NCCNC(=O)OC3CCC4(C)C(=CCC5C4CCC4(C)C(C(C)CCCC(C)C)CCC54)C3)C(NC(=O)c3ccccc3)c3ccccc3)C(C)=C1C2(C)C. The van der Waals surface area contributed by atoms with Crippen molar-refractivity contribution in [2.75, 3.05) is 19.7 Å². The number of fused-ring (bicyclic) bond motifs is 10. The number of aliphatic hydroxyl groups excluding tert-OH is 1. The second kappa shape index (κ2) is 30.1. The summed E-state index contributed by atoms with van der Waals surface area (Å²) in [5.74, 6) is -4.63. The number of alkyl carbamates (subject to hydrolysis) is 1. The second-order valence-electron chi connectivity index (χ2n) is 32.2. The molecule has 21 nitrogen and oxygen atoms in total. The molecule has 0 radical (unpaired) electrons. The van der Waals surface area contributed by atoms with Gasteiger partial charge >= 0.3 is 35.9 Å². The van der Waals surface area contributed by atoms with E-state index in [4.69, 9.17) is 33.2 Å². The molecule has 3 amide bonds. The first-order valence-electron chi connectivity index (χ1n) is 37.0. The summed E-state index contributed by atoms with van der Waals surface area (Å²) < 4.78 is 43.3.